The third-order valence-corrected chi connectivity index (χ3v) is 15.2. The molecule has 358 valence electrons. The van der Waals surface area contributed by atoms with Crippen LogP contribution in [0.5, 0.6) is 11.5 Å². The van der Waals surface area contributed by atoms with Crippen LogP contribution in [0.25, 0.3) is 0 Å². The Morgan fingerprint density at radius 3 is 2.03 bits per heavy atom. The van der Waals surface area contributed by atoms with Crippen LogP contribution >= 0.6 is 0 Å². The van der Waals surface area contributed by atoms with Gasteiger partial charge < -0.3 is 38.6 Å². The van der Waals surface area contributed by atoms with Gasteiger partial charge in [-0.05, 0) is 97.3 Å². The average Bonchev–Trinajstić information content (AvgIpc) is 3.38. The molecule has 6 aromatic carbocycles. The van der Waals surface area contributed by atoms with Crippen LogP contribution in [0.15, 0.2) is 163 Å². The molecule has 0 radical (unpaired) electrons. The van der Waals surface area contributed by atoms with Gasteiger partial charge in [0.2, 0.25) is 9.84 Å². The van der Waals surface area contributed by atoms with Crippen molar-refractivity contribution in [3.8, 4) is 11.5 Å². The number of methoxy groups -OCH3 is 2. The molecule has 0 amide bonds. The van der Waals surface area contributed by atoms with E-state index in [1.54, 1.807) is 26.4 Å². The number of ether oxygens (including phenoxy) is 6. The highest BCUT2D eigenvalue weighted by atomic mass is 32.2. The zero-order valence-corrected chi connectivity index (χ0v) is 40.6. The van der Waals surface area contributed by atoms with E-state index in [0.717, 1.165) is 65.1 Å². The monoisotopic (exact) mass is 938 g/mol. The van der Waals surface area contributed by atoms with Crippen LogP contribution in [0.1, 0.15) is 70.9 Å². The molecule has 11 heteroatoms. The summed E-state index contributed by atoms with van der Waals surface area (Å²) in [5, 5.41) is 3.67. The molecule has 2 heterocycles. The Bertz CT molecular complexity index is 2480. The molecule has 2 aliphatic rings. The van der Waals surface area contributed by atoms with Crippen LogP contribution in [0.2, 0.25) is 0 Å². The quantitative estimate of drug-likeness (QED) is 0.0523. The SMILES string of the molecule is COCCCN1CCOc2ccc(C(O[C@H]3CNC[C@@H](COC(c4ccccc4)(c4ccccc4)c4ccccc4)[C@@H]3c3ccc(OCCCC(C)OC)cc3)S(=O)(=O)c3ccc(C)cc3)cc21. The van der Waals surface area contributed by atoms with Crippen LogP contribution in [0, 0.1) is 12.8 Å². The van der Waals surface area contributed by atoms with Gasteiger partial charge in [-0.2, -0.15) is 0 Å². The van der Waals surface area contributed by atoms with Gasteiger partial charge >= 0.3 is 0 Å². The summed E-state index contributed by atoms with van der Waals surface area (Å²) in [6.45, 7) is 8.48. The van der Waals surface area contributed by atoms with Gasteiger partial charge in [0.15, 0.2) is 5.44 Å². The van der Waals surface area contributed by atoms with Crippen LogP contribution < -0.4 is 19.7 Å². The fourth-order valence-electron chi connectivity index (χ4n) is 9.63. The zero-order chi connectivity index (χ0) is 47.4. The van der Waals surface area contributed by atoms with Crippen LogP contribution in [0.3, 0.4) is 0 Å². The third-order valence-electron chi connectivity index (χ3n) is 13.3. The maximum Gasteiger partial charge on any atom is 0.209 e. The number of nitrogens with zero attached hydrogens (tertiary/aromatic N) is 1. The number of piperidine rings is 1. The highest BCUT2D eigenvalue weighted by molar-refractivity contribution is 7.91. The van der Waals surface area contributed by atoms with Crippen molar-refractivity contribution in [1.82, 2.24) is 5.32 Å². The second kappa shape index (κ2) is 23.2. The highest BCUT2D eigenvalue weighted by Gasteiger charge is 2.44. The molecule has 1 fully saturated rings. The summed E-state index contributed by atoms with van der Waals surface area (Å²) in [6.07, 6.45) is 2.14. The number of sulfone groups is 1. The molecule has 5 atom stereocenters. The van der Waals surface area contributed by atoms with Crippen molar-refractivity contribution in [2.45, 2.75) is 67.2 Å². The largest absolute Gasteiger partial charge is 0.494 e. The lowest BCUT2D eigenvalue weighted by Crippen LogP contribution is -2.50. The topological polar surface area (TPSA) is 105 Å². The van der Waals surface area contributed by atoms with E-state index in [2.05, 4.69) is 102 Å². The van der Waals surface area contributed by atoms with E-state index >= 15 is 8.42 Å². The lowest BCUT2D eigenvalue weighted by molar-refractivity contribution is -0.0560. The first-order valence-electron chi connectivity index (χ1n) is 23.9. The van der Waals surface area contributed by atoms with E-state index < -0.39 is 27.0 Å². The minimum absolute atomic E-state index is 0.162. The Morgan fingerprint density at radius 2 is 1.41 bits per heavy atom. The Morgan fingerprint density at radius 1 is 0.765 bits per heavy atom. The first-order chi connectivity index (χ1) is 33.2. The van der Waals surface area contributed by atoms with Gasteiger partial charge in [-0.1, -0.05) is 127 Å². The summed E-state index contributed by atoms with van der Waals surface area (Å²) < 4.78 is 68.3. The number of hydrogen-bond acceptors (Lipinski definition) is 10. The predicted octanol–water partition coefficient (Wildman–Crippen LogP) is 10.3. The minimum atomic E-state index is -4.12. The number of aryl methyl sites for hydroxylation is 1. The molecule has 2 unspecified atom stereocenters. The maximum absolute atomic E-state index is 15.2. The summed E-state index contributed by atoms with van der Waals surface area (Å²) in [4.78, 5) is 2.44. The first-order valence-corrected chi connectivity index (χ1v) is 25.5. The molecule has 0 aromatic heterocycles. The molecule has 0 bridgehead atoms. The van der Waals surface area contributed by atoms with Gasteiger partial charge in [0.05, 0.1) is 42.5 Å². The van der Waals surface area contributed by atoms with Crippen molar-refractivity contribution < 1.29 is 36.8 Å². The van der Waals surface area contributed by atoms with Gasteiger partial charge in [0.25, 0.3) is 0 Å². The maximum atomic E-state index is 15.2. The number of fused-ring (bicyclic) bond motifs is 1. The van der Waals surface area contributed by atoms with Crippen LogP contribution in [-0.2, 0) is 34.4 Å². The average molecular weight is 939 g/mol. The van der Waals surface area contributed by atoms with E-state index in [4.69, 9.17) is 28.4 Å². The third kappa shape index (κ3) is 11.3. The molecule has 2 aliphatic heterocycles. The minimum Gasteiger partial charge on any atom is -0.494 e. The lowest BCUT2D eigenvalue weighted by atomic mass is 9.78. The summed E-state index contributed by atoms with van der Waals surface area (Å²) in [5.74, 6) is 1.02. The second-order valence-electron chi connectivity index (χ2n) is 17.9. The summed E-state index contributed by atoms with van der Waals surface area (Å²) in [7, 11) is -0.688. The Kier molecular flexibility index (Phi) is 16.7. The molecular weight excluding hydrogens is 873 g/mol. The van der Waals surface area contributed by atoms with Crippen molar-refractivity contribution in [2.75, 3.05) is 71.7 Å². The summed E-state index contributed by atoms with van der Waals surface area (Å²) in [5.41, 5.74) is 4.05. The fourth-order valence-corrected chi connectivity index (χ4v) is 11.2. The molecular formula is C57H66N2O8S. The molecule has 10 nitrogen and oxygen atoms in total. The zero-order valence-electron chi connectivity index (χ0n) is 39.8. The molecule has 0 saturated carbocycles. The number of anilines is 1. The number of benzene rings is 6. The number of nitrogens with one attached hydrogen (secondary N) is 1. The van der Waals surface area contributed by atoms with Gasteiger partial charge in [-0.15, -0.1) is 0 Å². The van der Waals surface area contributed by atoms with E-state index in [9.17, 15) is 0 Å². The highest BCUT2D eigenvalue weighted by Crippen LogP contribution is 2.45. The van der Waals surface area contributed by atoms with E-state index in [0.29, 0.717) is 57.4 Å². The number of rotatable bonds is 22. The second-order valence-corrected chi connectivity index (χ2v) is 19.9. The van der Waals surface area contributed by atoms with Crippen molar-refractivity contribution >= 4 is 15.5 Å². The van der Waals surface area contributed by atoms with Gasteiger partial charge in [-0.3, -0.25) is 0 Å². The smallest absolute Gasteiger partial charge is 0.209 e. The van der Waals surface area contributed by atoms with Crippen molar-refractivity contribution in [2.24, 2.45) is 5.92 Å². The molecule has 1 N–H and O–H groups in total. The van der Waals surface area contributed by atoms with Gasteiger partial charge in [-0.25, -0.2) is 8.42 Å². The van der Waals surface area contributed by atoms with Crippen molar-refractivity contribution in [1.29, 1.82) is 0 Å². The summed E-state index contributed by atoms with van der Waals surface area (Å²) >= 11 is 0. The molecule has 6 aromatic rings. The first kappa shape index (κ1) is 48.9. The van der Waals surface area contributed by atoms with E-state index in [-0.39, 0.29) is 22.8 Å². The lowest BCUT2D eigenvalue weighted by Gasteiger charge is -2.43. The Hall–Kier alpha value is -5.53. The van der Waals surface area contributed by atoms with Gasteiger partial charge in [0.1, 0.15) is 23.7 Å². The molecule has 0 spiro atoms. The number of hydrogen-bond donors (Lipinski definition) is 1. The Labute approximate surface area is 403 Å². The van der Waals surface area contributed by atoms with Crippen LogP contribution in [0.4, 0.5) is 5.69 Å². The fraction of sp³-hybridized carbons (Fsp3) is 0.368. The van der Waals surface area contributed by atoms with Gasteiger partial charge in [0, 0.05) is 52.3 Å². The molecule has 8 rings (SSSR count). The van der Waals surface area contributed by atoms with Crippen LogP contribution in [-0.4, -0.2) is 87.5 Å². The van der Waals surface area contributed by atoms with Crippen molar-refractivity contribution in [3.63, 3.8) is 0 Å². The Balaban J connectivity index is 1.19. The predicted molar refractivity (Wildman–Crippen MR) is 269 cm³/mol. The summed E-state index contributed by atoms with van der Waals surface area (Å²) in [6, 6.07) is 52.0. The van der Waals surface area contributed by atoms with E-state index in [1.807, 2.05) is 67.6 Å². The molecule has 1 saturated heterocycles. The van der Waals surface area contributed by atoms with E-state index in [1.165, 1.54) is 0 Å². The standard InChI is InChI=1S/C57H66N2O8S/c1-42-23-30-51(31-24-42)68(60,61)56(45-27-32-53-52(38-45)59(34-37-65-53)33-15-35-62-3)67-54-40-58-39-46(55(54)44-25-28-50(29-26-44)64-36-14-16-43(2)63-4)41-66-57(47-17-8-5-9-18-47,48-19-10-6-11-20-48)49-21-12-7-13-22-49/h5-13,17-32,38,43,46,54-56,58H,14-16,33-37,39-41H2,1-4H3/t43?,46-,54-,55-,56?/m0/s1. The van der Waals surface area contributed by atoms with Crippen molar-refractivity contribution in [3.05, 3.63) is 191 Å². The normalized spacial score (nSPS) is 18.3. The molecule has 68 heavy (non-hydrogen) atoms. The molecule has 0 aliphatic carbocycles.